The number of nitrogens with two attached hydrogens (primary N) is 1. The third kappa shape index (κ3) is 8.78. The van der Waals surface area contributed by atoms with Gasteiger partial charge in [-0.05, 0) is 42.8 Å². The summed E-state index contributed by atoms with van der Waals surface area (Å²) < 4.78 is 72.1. The molecule has 2 amide bonds. The molecule has 13 heteroatoms. The average molecular weight is 616 g/mol. The van der Waals surface area contributed by atoms with Crippen molar-refractivity contribution in [1.82, 2.24) is 4.57 Å². The smallest absolute Gasteiger partial charge is 0.390 e. The highest BCUT2D eigenvalue weighted by atomic mass is 35.5. The Morgan fingerprint density at radius 3 is 2.14 bits per heavy atom. The van der Waals surface area contributed by atoms with Crippen molar-refractivity contribution in [3.8, 4) is 5.75 Å². The molecule has 1 aromatic heterocycles. The SMILES string of the molecule is CC.COc1cc(F)c(C2CC(=O)N(c3c(C)ccn(CCC(F)(F)F)c3=O)C2)c(F)c1.NC(=O)c1ccc(Cl)cc1. The Labute approximate surface area is 244 Å². The molecule has 42 heavy (non-hydrogen) atoms. The van der Waals surface area contributed by atoms with Gasteiger partial charge in [0.05, 0.1) is 13.5 Å². The van der Waals surface area contributed by atoms with Gasteiger partial charge in [-0.25, -0.2) is 8.78 Å². The van der Waals surface area contributed by atoms with Crippen LogP contribution in [0.2, 0.25) is 5.02 Å². The van der Waals surface area contributed by atoms with Crippen LogP contribution in [0, 0.1) is 18.6 Å². The molecule has 0 bridgehead atoms. The number of carbonyl (C=O) groups is 2. The van der Waals surface area contributed by atoms with Crippen LogP contribution < -0.4 is 20.9 Å². The van der Waals surface area contributed by atoms with Gasteiger partial charge in [-0.1, -0.05) is 25.4 Å². The van der Waals surface area contributed by atoms with Crippen molar-refractivity contribution in [2.75, 3.05) is 18.6 Å². The molecule has 1 aliphatic rings. The molecule has 1 atom stereocenters. The van der Waals surface area contributed by atoms with Crippen LogP contribution in [0.5, 0.6) is 5.75 Å². The predicted octanol–water partition coefficient (Wildman–Crippen LogP) is 6.38. The molecule has 0 spiro atoms. The van der Waals surface area contributed by atoms with Crippen molar-refractivity contribution < 1.29 is 36.3 Å². The average Bonchev–Trinajstić information content (AvgIpc) is 3.29. The molecule has 3 aromatic rings. The number of carbonyl (C=O) groups excluding carboxylic acids is 2. The number of rotatable bonds is 6. The summed E-state index contributed by atoms with van der Waals surface area (Å²) in [5, 5.41) is 0.602. The Hall–Kier alpha value is -3.93. The highest BCUT2D eigenvalue weighted by molar-refractivity contribution is 6.30. The van der Waals surface area contributed by atoms with Gasteiger partial charge < -0.3 is 19.9 Å². The number of halogens is 6. The van der Waals surface area contributed by atoms with Crippen LogP contribution in [0.25, 0.3) is 0 Å². The summed E-state index contributed by atoms with van der Waals surface area (Å²) in [6.45, 7) is 4.78. The number of benzene rings is 2. The molecule has 0 radical (unpaired) electrons. The minimum absolute atomic E-state index is 0.0126. The maximum absolute atomic E-state index is 14.4. The molecular formula is C29H31ClF5N3O4. The zero-order valence-electron chi connectivity index (χ0n) is 23.4. The number of aromatic nitrogens is 1. The van der Waals surface area contributed by atoms with Crippen LogP contribution in [-0.4, -0.2) is 36.2 Å². The molecular weight excluding hydrogens is 585 g/mol. The standard InChI is InChI=1S/C20H19F5N2O3.C7H6ClNO.C2H6/c1-11-3-5-26(6-4-20(23,24)25)19(29)18(11)27-10-12(7-16(27)28)17-14(21)8-13(30-2)9-15(17)22;8-6-3-1-5(2-4-6)7(9)10;1-2/h3,5,8-9,12H,4,6-7,10H2,1-2H3;1-4H,(H2,9,10);1-2H3. The van der Waals surface area contributed by atoms with Crippen LogP contribution in [-0.2, 0) is 11.3 Å². The van der Waals surface area contributed by atoms with Crippen molar-refractivity contribution in [1.29, 1.82) is 0 Å². The topological polar surface area (TPSA) is 94.6 Å². The summed E-state index contributed by atoms with van der Waals surface area (Å²) in [5.41, 5.74) is 4.70. The minimum atomic E-state index is -4.44. The predicted molar refractivity (Wildman–Crippen MR) is 150 cm³/mol. The molecule has 2 aromatic carbocycles. The summed E-state index contributed by atoms with van der Waals surface area (Å²) in [6.07, 6.45) is -4.65. The third-order valence-corrected chi connectivity index (χ3v) is 6.45. The number of pyridine rings is 1. The Balaban J connectivity index is 0.000000431. The number of hydrogen-bond acceptors (Lipinski definition) is 4. The third-order valence-electron chi connectivity index (χ3n) is 6.20. The van der Waals surface area contributed by atoms with Gasteiger partial charge in [-0.15, -0.1) is 0 Å². The zero-order valence-corrected chi connectivity index (χ0v) is 24.2. The van der Waals surface area contributed by atoms with Crippen molar-refractivity contribution in [3.05, 3.63) is 92.4 Å². The molecule has 1 saturated heterocycles. The largest absolute Gasteiger partial charge is 0.497 e. The van der Waals surface area contributed by atoms with E-state index in [0.29, 0.717) is 16.1 Å². The molecule has 7 nitrogen and oxygen atoms in total. The van der Waals surface area contributed by atoms with Gasteiger partial charge in [0, 0.05) is 59.9 Å². The molecule has 228 valence electrons. The second-order valence-electron chi connectivity index (χ2n) is 8.99. The first kappa shape index (κ1) is 34.3. The van der Waals surface area contributed by atoms with E-state index in [0.717, 1.165) is 21.6 Å². The van der Waals surface area contributed by atoms with E-state index >= 15 is 0 Å². The number of aryl methyl sites for hydroxylation is 2. The first-order valence-electron chi connectivity index (χ1n) is 12.9. The lowest BCUT2D eigenvalue weighted by molar-refractivity contribution is -0.136. The first-order chi connectivity index (χ1) is 19.7. The van der Waals surface area contributed by atoms with Crippen molar-refractivity contribution in [2.45, 2.75) is 52.3 Å². The number of anilines is 1. The molecule has 0 aliphatic carbocycles. The van der Waals surface area contributed by atoms with Gasteiger partial charge in [0.1, 0.15) is 23.1 Å². The van der Waals surface area contributed by atoms with Crippen LogP contribution in [0.1, 0.15) is 54.1 Å². The maximum atomic E-state index is 14.4. The van der Waals surface area contributed by atoms with E-state index in [1.807, 2.05) is 13.8 Å². The van der Waals surface area contributed by atoms with Gasteiger partial charge >= 0.3 is 6.18 Å². The number of nitrogens with zero attached hydrogens (tertiary/aromatic N) is 2. The second-order valence-corrected chi connectivity index (χ2v) is 9.43. The minimum Gasteiger partial charge on any atom is -0.497 e. The number of ether oxygens (including phenoxy) is 1. The quantitative estimate of drug-likeness (QED) is 0.326. The Morgan fingerprint density at radius 1 is 1.07 bits per heavy atom. The highest BCUT2D eigenvalue weighted by Gasteiger charge is 2.37. The van der Waals surface area contributed by atoms with Gasteiger partial charge in [0.25, 0.3) is 5.56 Å². The second kappa shape index (κ2) is 14.8. The van der Waals surface area contributed by atoms with Crippen molar-refractivity contribution >= 4 is 29.1 Å². The zero-order chi connectivity index (χ0) is 31.8. The van der Waals surface area contributed by atoms with Crippen LogP contribution >= 0.6 is 11.6 Å². The van der Waals surface area contributed by atoms with Crippen molar-refractivity contribution in [2.24, 2.45) is 5.73 Å². The van der Waals surface area contributed by atoms with Crippen molar-refractivity contribution in [3.63, 3.8) is 0 Å². The molecule has 4 rings (SSSR count). The van der Waals surface area contributed by atoms with Gasteiger partial charge in [-0.3, -0.25) is 14.4 Å². The summed E-state index contributed by atoms with van der Waals surface area (Å²) in [4.78, 5) is 36.9. The lowest BCUT2D eigenvalue weighted by atomic mass is 9.97. The fraction of sp³-hybridized carbons (Fsp3) is 0.345. The lowest BCUT2D eigenvalue weighted by Gasteiger charge is -2.20. The summed E-state index contributed by atoms with van der Waals surface area (Å²) >= 11 is 5.56. The van der Waals surface area contributed by atoms with Gasteiger partial charge in [0.15, 0.2) is 0 Å². The summed E-state index contributed by atoms with van der Waals surface area (Å²) in [5.74, 6) is -3.59. The van der Waals surface area contributed by atoms with Gasteiger partial charge in [-0.2, -0.15) is 13.2 Å². The number of methoxy groups -OCH3 is 1. The highest BCUT2D eigenvalue weighted by Crippen LogP contribution is 2.36. The molecule has 1 unspecified atom stereocenters. The molecule has 0 saturated carbocycles. The van der Waals surface area contributed by atoms with E-state index in [4.69, 9.17) is 22.1 Å². The Kier molecular flexibility index (Phi) is 12.1. The monoisotopic (exact) mass is 615 g/mol. The van der Waals surface area contributed by atoms with Crippen LogP contribution in [0.15, 0.2) is 53.5 Å². The van der Waals surface area contributed by atoms with E-state index in [9.17, 15) is 36.3 Å². The molecule has 1 fully saturated rings. The Bertz CT molecular complexity index is 1440. The number of primary amides is 1. The molecule has 1 aliphatic heterocycles. The fourth-order valence-electron chi connectivity index (χ4n) is 4.20. The molecule has 2 heterocycles. The van der Waals surface area contributed by atoms with E-state index in [1.165, 1.54) is 19.4 Å². The summed E-state index contributed by atoms with van der Waals surface area (Å²) in [6, 6.07) is 9.87. The van der Waals surface area contributed by atoms with E-state index in [1.54, 1.807) is 31.2 Å². The Morgan fingerprint density at radius 2 is 1.64 bits per heavy atom. The maximum Gasteiger partial charge on any atom is 0.390 e. The molecule has 2 N–H and O–H groups in total. The van der Waals surface area contributed by atoms with Gasteiger partial charge in [0.2, 0.25) is 11.8 Å². The van der Waals surface area contributed by atoms with Crippen LogP contribution in [0.4, 0.5) is 27.6 Å². The first-order valence-corrected chi connectivity index (χ1v) is 13.2. The number of amides is 2. The number of hydrogen-bond donors (Lipinski definition) is 1. The lowest BCUT2D eigenvalue weighted by Crippen LogP contribution is -2.34. The normalized spacial score (nSPS) is 14.5. The number of alkyl halides is 3. The summed E-state index contributed by atoms with van der Waals surface area (Å²) in [7, 11) is 1.26. The fourth-order valence-corrected chi connectivity index (χ4v) is 4.33. The van der Waals surface area contributed by atoms with E-state index in [-0.39, 0.29) is 30.0 Å². The van der Waals surface area contributed by atoms with E-state index < -0.39 is 54.1 Å². The van der Waals surface area contributed by atoms with E-state index in [2.05, 4.69) is 0 Å². The van der Waals surface area contributed by atoms with Crippen LogP contribution in [0.3, 0.4) is 0 Å².